The number of carbonyl (C=O) groups excluding carboxylic acids is 2. The largest absolute Gasteiger partial charge is 0.494 e. The van der Waals surface area contributed by atoms with Gasteiger partial charge >= 0.3 is 5.97 Å². The highest BCUT2D eigenvalue weighted by molar-refractivity contribution is 6.11. The van der Waals surface area contributed by atoms with Crippen LogP contribution in [0.3, 0.4) is 0 Å². The molecular formula is C25H22N3O4+. The lowest BCUT2D eigenvalue weighted by Crippen LogP contribution is -2.38. The second-order valence-electron chi connectivity index (χ2n) is 7.00. The molecule has 160 valence electrons. The Morgan fingerprint density at radius 3 is 2.34 bits per heavy atom. The lowest BCUT2D eigenvalue weighted by molar-refractivity contribution is -0.392. The van der Waals surface area contributed by atoms with Gasteiger partial charge in [0.2, 0.25) is 11.7 Å². The van der Waals surface area contributed by atoms with Gasteiger partial charge in [-0.1, -0.05) is 54.6 Å². The smallest absolute Gasteiger partial charge is 0.339 e. The number of aromatic amines is 1. The second kappa shape index (κ2) is 9.26. The SMILES string of the molecule is COC(=O)C(NC(=O)c1c(OC)c(-c2ccccc2)nc2ccccc12)c1cccc[nH+]1. The molecule has 7 nitrogen and oxygen atoms in total. The molecule has 1 unspecified atom stereocenters. The summed E-state index contributed by atoms with van der Waals surface area (Å²) < 4.78 is 10.6. The van der Waals surface area contributed by atoms with Crippen LogP contribution in [0, 0.1) is 0 Å². The maximum atomic E-state index is 13.6. The van der Waals surface area contributed by atoms with Crippen molar-refractivity contribution in [3.63, 3.8) is 0 Å². The summed E-state index contributed by atoms with van der Waals surface area (Å²) in [6.45, 7) is 0. The number of H-pyrrole nitrogens is 1. The highest BCUT2D eigenvalue weighted by atomic mass is 16.5. The Morgan fingerprint density at radius 2 is 1.66 bits per heavy atom. The first-order valence-corrected chi connectivity index (χ1v) is 10.0. The summed E-state index contributed by atoms with van der Waals surface area (Å²) in [6.07, 6.45) is 1.67. The van der Waals surface area contributed by atoms with Gasteiger partial charge in [-0.2, -0.15) is 0 Å². The lowest BCUT2D eigenvalue weighted by atomic mass is 10.0. The van der Waals surface area contributed by atoms with Crippen LogP contribution in [-0.4, -0.2) is 31.1 Å². The predicted octanol–water partition coefficient (Wildman–Crippen LogP) is 3.37. The molecule has 0 aliphatic rings. The van der Waals surface area contributed by atoms with E-state index in [4.69, 9.17) is 14.5 Å². The van der Waals surface area contributed by atoms with Crippen molar-refractivity contribution < 1.29 is 24.0 Å². The minimum atomic E-state index is -1.02. The summed E-state index contributed by atoms with van der Waals surface area (Å²) in [7, 11) is 2.78. The number of carbonyl (C=O) groups is 2. The molecule has 1 atom stereocenters. The number of amides is 1. The summed E-state index contributed by atoms with van der Waals surface area (Å²) in [6, 6.07) is 21.0. The van der Waals surface area contributed by atoms with Crippen LogP contribution in [0.1, 0.15) is 22.1 Å². The number of hydrogen-bond acceptors (Lipinski definition) is 5. The molecule has 4 aromatic rings. The third-order valence-corrected chi connectivity index (χ3v) is 5.08. The van der Waals surface area contributed by atoms with Crippen LogP contribution < -0.4 is 15.0 Å². The Morgan fingerprint density at radius 1 is 0.938 bits per heavy atom. The van der Waals surface area contributed by atoms with Crippen LogP contribution in [-0.2, 0) is 9.53 Å². The van der Waals surface area contributed by atoms with Crippen molar-refractivity contribution in [2.75, 3.05) is 14.2 Å². The number of rotatable bonds is 6. The Hall–Kier alpha value is -4.26. The molecule has 1 amide bonds. The number of fused-ring (bicyclic) bond motifs is 1. The fraction of sp³-hybridized carbons (Fsp3) is 0.120. The number of para-hydroxylation sites is 1. The quantitative estimate of drug-likeness (QED) is 0.476. The highest BCUT2D eigenvalue weighted by Gasteiger charge is 2.31. The van der Waals surface area contributed by atoms with Crippen LogP contribution in [0.4, 0.5) is 0 Å². The first-order chi connectivity index (χ1) is 15.6. The Labute approximate surface area is 185 Å². The van der Waals surface area contributed by atoms with Crippen molar-refractivity contribution in [3.8, 4) is 17.0 Å². The van der Waals surface area contributed by atoms with Crippen LogP contribution in [0.5, 0.6) is 5.75 Å². The van der Waals surface area contributed by atoms with Crippen molar-refractivity contribution in [1.29, 1.82) is 0 Å². The van der Waals surface area contributed by atoms with Gasteiger partial charge in [-0.15, -0.1) is 0 Å². The number of methoxy groups -OCH3 is 2. The molecule has 0 aliphatic carbocycles. The van der Waals surface area contributed by atoms with Crippen LogP contribution in [0.15, 0.2) is 79.0 Å². The standard InChI is InChI=1S/C25H21N3O4/c1-31-23-20(24(29)28-22(25(30)32-2)19-14-8-9-15-26-19)17-12-6-7-13-18(17)27-21(23)16-10-4-3-5-11-16/h3-15,22H,1-2H3,(H,28,29)/p+1. The summed E-state index contributed by atoms with van der Waals surface area (Å²) in [4.78, 5) is 33.8. The zero-order valence-electron chi connectivity index (χ0n) is 17.7. The van der Waals surface area contributed by atoms with Gasteiger partial charge in [0.1, 0.15) is 5.69 Å². The number of esters is 1. The van der Waals surface area contributed by atoms with E-state index < -0.39 is 17.9 Å². The van der Waals surface area contributed by atoms with Gasteiger partial charge in [0.25, 0.3) is 5.91 Å². The number of aromatic nitrogens is 2. The molecule has 0 radical (unpaired) electrons. The first-order valence-electron chi connectivity index (χ1n) is 10.0. The number of nitrogens with zero attached hydrogens (tertiary/aromatic N) is 1. The zero-order valence-corrected chi connectivity index (χ0v) is 17.7. The second-order valence-corrected chi connectivity index (χ2v) is 7.00. The molecule has 7 heteroatoms. The molecule has 2 N–H and O–H groups in total. The average Bonchev–Trinajstić information content (AvgIpc) is 2.86. The third kappa shape index (κ3) is 4.00. The van der Waals surface area contributed by atoms with Crippen molar-refractivity contribution in [1.82, 2.24) is 10.3 Å². The first kappa shape index (κ1) is 21.0. The highest BCUT2D eigenvalue weighted by Crippen LogP contribution is 2.36. The maximum Gasteiger partial charge on any atom is 0.339 e. The van der Waals surface area contributed by atoms with Crippen molar-refractivity contribution in [2.24, 2.45) is 0 Å². The van der Waals surface area contributed by atoms with Gasteiger partial charge in [0.15, 0.2) is 11.9 Å². The number of pyridine rings is 2. The molecule has 2 aromatic carbocycles. The van der Waals surface area contributed by atoms with Crippen LogP contribution in [0.2, 0.25) is 0 Å². The van der Waals surface area contributed by atoms with Gasteiger partial charge in [-0.3, -0.25) is 4.79 Å². The molecule has 0 aliphatic heterocycles. The molecule has 0 saturated carbocycles. The van der Waals surface area contributed by atoms with Crippen molar-refractivity contribution in [2.45, 2.75) is 6.04 Å². The fourth-order valence-corrected chi connectivity index (χ4v) is 3.58. The molecule has 0 spiro atoms. The lowest BCUT2D eigenvalue weighted by Gasteiger charge is -2.18. The molecule has 0 fully saturated rings. The molecule has 0 saturated heterocycles. The zero-order chi connectivity index (χ0) is 22.5. The molecular weight excluding hydrogens is 406 g/mol. The van der Waals surface area contributed by atoms with Crippen LogP contribution >= 0.6 is 0 Å². The van der Waals surface area contributed by atoms with Crippen LogP contribution in [0.25, 0.3) is 22.2 Å². The van der Waals surface area contributed by atoms with E-state index >= 15 is 0 Å². The number of benzene rings is 2. The number of ether oxygens (including phenoxy) is 2. The summed E-state index contributed by atoms with van der Waals surface area (Å²) >= 11 is 0. The van der Waals surface area contributed by atoms with Gasteiger partial charge in [-0.05, 0) is 6.07 Å². The minimum absolute atomic E-state index is 0.293. The Bertz CT molecular complexity index is 1260. The van der Waals surface area contributed by atoms with Gasteiger partial charge in [0.05, 0.1) is 25.3 Å². The topological polar surface area (TPSA) is 91.7 Å². The van der Waals surface area contributed by atoms with E-state index in [1.165, 1.54) is 14.2 Å². The summed E-state index contributed by atoms with van der Waals surface area (Å²) in [5.74, 6) is -0.750. The molecule has 32 heavy (non-hydrogen) atoms. The number of hydrogen-bond donors (Lipinski definition) is 1. The number of nitrogens with one attached hydrogen (secondary N) is 2. The van der Waals surface area contributed by atoms with Crippen molar-refractivity contribution in [3.05, 3.63) is 90.3 Å². The Kier molecular flexibility index (Phi) is 6.07. The average molecular weight is 428 g/mol. The van der Waals surface area contributed by atoms with Crippen molar-refractivity contribution >= 4 is 22.8 Å². The van der Waals surface area contributed by atoms with E-state index in [1.807, 2.05) is 48.5 Å². The minimum Gasteiger partial charge on any atom is -0.494 e. The van der Waals surface area contributed by atoms with Gasteiger partial charge in [0, 0.05) is 23.1 Å². The van der Waals surface area contributed by atoms with E-state index in [0.29, 0.717) is 33.6 Å². The van der Waals surface area contributed by atoms with E-state index in [2.05, 4.69) is 10.3 Å². The molecule has 0 bridgehead atoms. The predicted molar refractivity (Wildman–Crippen MR) is 119 cm³/mol. The van der Waals surface area contributed by atoms with Gasteiger partial charge < -0.3 is 14.8 Å². The van der Waals surface area contributed by atoms with E-state index in [0.717, 1.165) is 5.56 Å². The van der Waals surface area contributed by atoms with Gasteiger partial charge in [-0.25, -0.2) is 14.8 Å². The normalized spacial score (nSPS) is 11.6. The molecule has 2 heterocycles. The maximum absolute atomic E-state index is 13.6. The van der Waals surface area contributed by atoms with E-state index in [-0.39, 0.29) is 0 Å². The van der Waals surface area contributed by atoms with E-state index in [1.54, 1.807) is 30.5 Å². The monoisotopic (exact) mass is 428 g/mol. The van der Waals surface area contributed by atoms with E-state index in [9.17, 15) is 9.59 Å². The third-order valence-electron chi connectivity index (χ3n) is 5.08. The molecule has 2 aromatic heterocycles. The summed E-state index contributed by atoms with van der Waals surface area (Å²) in [5, 5.41) is 3.41. The fourth-order valence-electron chi connectivity index (χ4n) is 3.58. The summed E-state index contributed by atoms with van der Waals surface area (Å²) in [5.41, 5.74) is 2.77. The Balaban J connectivity index is 1.87. The molecule has 4 rings (SSSR count).